The lowest BCUT2D eigenvalue weighted by Gasteiger charge is -2.39. The fourth-order valence-electron chi connectivity index (χ4n) is 3.72. The Morgan fingerprint density at radius 2 is 2.00 bits per heavy atom. The molecule has 1 aromatic rings. The van der Waals surface area contributed by atoms with Crippen LogP contribution in [-0.4, -0.2) is 25.5 Å². The molecule has 3 atom stereocenters. The van der Waals surface area contributed by atoms with Gasteiger partial charge in [0.15, 0.2) is 5.90 Å². The molecule has 0 N–H and O–H groups in total. The minimum absolute atomic E-state index is 0.0139. The number of aliphatic imine (C=N–C) groups is 1. The second-order valence-corrected chi connectivity index (χ2v) is 7.18. The second-order valence-electron chi connectivity index (χ2n) is 7.18. The SMILES string of the molecule is COC(=O)C1=C(C(C)C)OC2=NC[C@@H](C)CC2C1c1ccc(F)cc1. The molecule has 0 amide bonds. The highest BCUT2D eigenvalue weighted by Crippen LogP contribution is 2.45. The van der Waals surface area contributed by atoms with E-state index < -0.39 is 5.97 Å². The van der Waals surface area contributed by atoms with Crippen LogP contribution in [0.15, 0.2) is 40.6 Å². The number of hydrogen-bond donors (Lipinski definition) is 0. The number of allylic oxidation sites excluding steroid dienone is 1. The van der Waals surface area contributed by atoms with E-state index in [4.69, 9.17) is 9.47 Å². The third kappa shape index (κ3) is 3.32. The molecular weight excluding hydrogens is 321 g/mol. The molecule has 0 saturated carbocycles. The fraction of sp³-hybridized carbons (Fsp3) is 0.500. The van der Waals surface area contributed by atoms with Gasteiger partial charge in [-0.25, -0.2) is 9.18 Å². The van der Waals surface area contributed by atoms with Gasteiger partial charge in [-0.15, -0.1) is 0 Å². The molecule has 3 rings (SSSR count). The van der Waals surface area contributed by atoms with Gasteiger partial charge in [0.2, 0.25) is 0 Å². The molecule has 0 radical (unpaired) electrons. The molecule has 2 heterocycles. The molecular formula is C20H24FNO3. The van der Waals surface area contributed by atoms with Gasteiger partial charge >= 0.3 is 5.97 Å². The number of fused-ring (bicyclic) bond motifs is 1. The number of nitrogens with zero attached hydrogens (tertiary/aromatic N) is 1. The van der Waals surface area contributed by atoms with Gasteiger partial charge in [0.1, 0.15) is 11.6 Å². The summed E-state index contributed by atoms with van der Waals surface area (Å²) in [6, 6.07) is 6.34. The number of hydrogen-bond acceptors (Lipinski definition) is 4. The molecule has 0 bridgehead atoms. The molecule has 2 unspecified atom stereocenters. The van der Waals surface area contributed by atoms with Crippen molar-refractivity contribution in [1.82, 2.24) is 0 Å². The van der Waals surface area contributed by atoms with Crippen molar-refractivity contribution in [2.75, 3.05) is 13.7 Å². The highest BCUT2D eigenvalue weighted by Gasteiger charge is 2.44. The Morgan fingerprint density at radius 1 is 1.32 bits per heavy atom. The van der Waals surface area contributed by atoms with Gasteiger partial charge < -0.3 is 9.47 Å². The van der Waals surface area contributed by atoms with Crippen LogP contribution in [-0.2, 0) is 14.3 Å². The summed E-state index contributed by atoms with van der Waals surface area (Å²) >= 11 is 0. The number of methoxy groups -OCH3 is 1. The largest absolute Gasteiger partial charge is 0.466 e. The van der Waals surface area contributed by atoms with Crippen molar-refractivity contribution >= 4 is 11.9 Å². The van der Waals surface area contributed by atoms with E-state index in [1.807, 2.05) is 13.8 Å². The van der Waals surface area contributed by atoms with Crippen molar-refractivity contribution in [2.24, 2.45) is 22.7 Å². The molecule has 1 aromatic carbocycles. The third-order valence-corrected chi connectivity index (χ3v) is 4.88. The van der Waals surface area contributed by atoms with Gasteiger partial charge in [0.25, 0.3) is 0 Å². The Bertz CT molecular complexity index is 721. The maximum absolute atomic E-state index is 13.4. The van der Waals surface area contributed by atoms with E-state index in [2.05, 4.69) is 11.9 Å². The molecule has 0 aromatic heterocycles. The lowest BCUT2D eigenvalue weighted by Crippen LogP contribution is -2.39. The Hall–Kier alpha value is -2.17. The molecule has 0 aliphatic carbocycles. The van der Waals surface area contributed by atoms with Crippen molar-refractivity contribution in [3.63, 3.8) is 0 Å². The van der Waals surface area contributed by atoms with E-state index in [1.54, 1.807) is 12.1 Å². The third-order valence-electron chi connectivity index (χ3n) is 4.88. The van der Waals surface area contributed by atoms with E-state index in [0.29, 0.717) is 23.1 Å². The van der Waals surface area contributed by atoms with Crippen LogP contribution < -0.4 is 0 Å². The molecule has 0 saturated heterocycles. The van der Waals surface area contributed by atoms with Gasteiger partial charge in [-0.05, 0) is 30.0 Å². The topological polar surface area (TPSA) is 47.9 Å². The molecule has 134 valence electrons. The molecule has 5 heteroatoms. The summed E-state index contributed by atoms with van der Waals surface area (Å²) in [4.78, 5) is 17.2. The maximum atomic E-state index is 13.4. The van der Waals surface area contributed by atoms with Crippen molar-refractivity contribution < 1.29 is 18.7 Å². The van der Waals surface area contributed by atoms with E-state index in [-0.39, 0.29) is 23.6 Å². The molecule has 0 fully saturated rings. The van der Waals surface area contributed by atoms with Gasteiger partial charge in [0, 0.05) is 24.3 Å². The summed E-state index contributed by atoms with van der Waals surface area (Å²) in [5, 5.41) is 0. The monoisotopic (exact) mass is 345 g/mol. The lowest BCUT2D eigenvalue weighted by atomic mass is 9.72. The first-order valence-corrected chi connectivity index (χ1v) is 8.72. The van der Waals surface area contributed by atoms with Crippen LogP contribution in [0.25, 0.3) is 0 Å². The number of benzene rings is 1. The van der Waals surface area contributed by atoms with Crippen molar-refractivity contribution in [1.29, 1.82) is 0 Å². The number of ether oxygens (including phenoxy) is 2. The standard InChI is InChI=1S/C20H24FNO3/c1-11(2)18-17(20(23)24-4)16(13-5-7-14(21)8-6-13)15-9-12(3)10-22-19(15)25-18/h5-8,11-12,15-16H,9-10H2,1-4H3/t12-,15?,16?/m0/s1. The van der Waals surface area contributed by atoms with Crippen molar-refractivity contribution in [3.05, 3.63) is 47.0 Å². The fourth-order valence-corrected chi connectivity index (χ4v) is 3.72. The first-order valence-electron chi connectivity index (χ1n) is 8.72. The number of carbonyl (C=O) groups is 1. The molecule has 0 spiro atoms. The maximum Gasteiger partial charge on any atom is 0.337 e. The average Bonchev–Trinajstić information content (AvgIpc) is 2.60. The Balaban J connectivity index is 2.19. The quantitative estimate of drug-likeness (QED) is 0.776. The zero-order valence-corrected chi connectivity index (χ0v) is 15.1. The van der Waals surface area contributed by atoms with E-state index >= 15 is 0 Å². The smallest absolute Gasteiger partial charge is 0.337 e. The number of carbonyl (C=O) groups excluding carboxylic acids is 1. The highest BCUT2D eigenvalue weighted by atomic mass is 19.1. The first kappa shape index (κ1) is 17.6. The van der Waals surface area contributed by atoms with Gasteiger partial charge in [-0.3, -0.25) is 4.99 Å². The van der Waals surface area contributed by atoms with Crippen molar-refractivity contribution in [2.45, 2.75) is 33.1 Å². The van der Waals surface area contributed by atoms with Gasteiger partial charge in [-0.2, -0.15) is 0 Å². The van der Waals surface area contributed by atoms with Crippen molar-refractivity contribution in [3.8, 4) is 0 Å². The minimum Gasteiger partial charge on any atom is -0.466 e. The number of halogens is 1. The van der Waals surface area contributed by atoms with Crippen LogP contribution in [0.3, 0.4) is 0 Å². The lowest BCUT2D eigenvalue weighted by molar-refractivity contribution is -0.137. The van der Waals surface area contributed by atoms with E-state index in [1.165, 1.54) is 19.2 Å². The summed E-state index contributed by atoms with van der Waals surface area (Å²) in [5.74, 6) is 0.741. The predicted molar refractivity (Wildman–Crippen MR) is 93.7 cm³/mol. The molecule has 2 aliphatic rings. The Morgan fingerprint density at radius 3 is 2.60 bits per heavy atom. The summed E-state index contributed by atoms with van der Waals surface area (Å²) < 4.78 is 24.6. The number of esters is 1. The van der Waals surface area contributed by atoms with Gasteiger partial charge in [0.05, 0.1) is 12.7 Å². The van der Waals surface area contributed by atoms with Crippen LogP contribution in [0.5, 0.6) is 0 Å². The van der Waals surface area contributed by atoms with E-state index in [9.17, 15) is 9.18 Å². The average molecular weight is 345 g/mol. The van der Waals surface area contributed by atoms with E-state index in [0.717, 1.165) is 18.5 Å². The normalized spacial score (nSPS) is 26.0. The zero-order chi connectivity index (χ0) is 18.1. The summed E-state index contributed by atoms with van der Waals surface area (Å²) in [6.45, 7) is 6.82. The minimum atomic E-state index is -0.393. The first-order chi connectivity index (χ1) is 11.9. The molecule has 2 aliphatic heterocycles. The second kappa shape index (κ2) is 6.98. The van der Waals surface area contributed by atoms with Crippen LogP contribution in [0.4, 0.5) is 4.39 Å². The molecule has 4 nitrogen and oxygen atoms in total. The highest BCUT2D eigenvalue weighted by molar-refractivity contribution is 5.96. The van der Waals surface area contributed by atoms with Crippen LogP contribution in [0.2, 0.25) is 0 Å². The Labute approximate surface area is 147 Å². The van der Waals surface area contributed by atoms with Crippen LogP contribution in [0.1, 0.15) is 38.7 Å². The predicted octanol–water partition coefficient (Wildman–Crippen LogP) is 4.08. The number of rotatable bonds is 3. The summed E-state index contributed by atoms with van der Waals surface area (Å²) in [7, 11) is 1.38. The van der Waals surface area contributed by atoms with Crippen LogP contribution in [0, 0.1) is 23.6 Å². The molecule has 25 heavy (non-hydrogen) atoms. The summed E-state index contributed by atoms with van der Waals surface area (Å²) in [6.07, 6.45) is 0.868. The van der Waals surface area contributed by atoms with Gasteiger partial charge in [-0.1, -0.05) is 32.9 Å². The zero-order valence-electron chi connectivity index (χ0n) is 15.1. The Kier molecular flexibility index (Phi) is 4.93. The summed E-state index contributed by atoms with van der Waals surface area (Å²) in [5.41, 5.74) is 1.41. The van der Waals surface area contributed by atoms with Crippen LogP contribution >= 0.6 is 0 Å².